The minimum Gasteiger partial charge on any atom is -0.508 e. The molecule has 1 fully saturated rings. The highest BCUT2D eigenvalue weighted by atomic mass is 16.5. The lowest BCUT2D eigenvalue weighted by atomic mass is 9.88. The number of hydrogen-bond donors (Lipinski definition) is 1. The van der Waals surface area contributed by atoms with Crippen molar-refractivity contribution in [2.45, 2.75) is 32.8 Å². The number of allylic oxidation sites excluding steroid dienone is 1. The zero-order valence-corrected chi connectivity index (χ0v) is 18.4. The van der Waals surface area contributed by atoms with Gasteiger partial charge >= 0.3 is 0 Å². The molecule has 0 radical (unpaired) electrons. The molecule has 0 aromatic heterocycles. The molecule has 0 amide bonds. The van der Waals surface area contributed by atoms with Crippen molar-refractivity contribution >= 4 is 11.1 Å². The normalized spacial score (nSPS) is 15.3. The number of likely N-dealkylation sites (tertiary alicyclic amines) is 1. The molecule has 4 rings (SSSR count). The molecule has 3 nitrogen and oxygen atoms in total. The van der Waals surface area contributed by atoms with Crippen molar-refractivity contribution in [1.29, 1.82) is 0 Å². The van der Waals surface area contributed by atoms with E-state index in [4.69, 9.17) is 4.74 Å². The average molecular weight is 414 g/mol. The van der Waals surface area contributed by atoms with E-state index in [1.165, 1.54) is 17.6 Å². The van der Waals surface area contributed by atoms with Crippen LogP contribution >= 0.6 is 0 Å². The summed E-state index contributed by atoms with van der Waals surface area (Å²) in [6.07, 6.45) is 2.36. The van der Waals surface area contributed by atoms with Crippen molar-refractivity contribution in [1.82, 2.24) is 4.90 Å². The Bertz CT molecular complexity index is 1020. The number of phenolic OH excluding ortho intramolecular Hbond substituents is 1. The molecule has 1 aliphatic rings. The zero-order valence-electron chi connectivity index (χ0n) is 18.4. The molecule has 31 heavy (non-hydrogen) atoms. The smallest absolute Gasteiger partial charge is 0.124 e. The fraction of sp³-hybridized carbons (Fsp3) is 0.286. The maximum Gasteiger partial charge on any atom is 0.124 e. The Hall–Kier alpha value is -3.04. The monoisotopic (exact) mass is 413 g/mol. The van der Waals surface area contributed by atoms with E-state index in [2.05, 4.69) is 73.3 Å². The summed E-state index contributed by atoms with van der Waals surface area (Å²) in [7, 11) is 0. The minimum absolute atomic E-state index is 0.278. The van der Waals surface area contributed by atoms with Gasteiger partial charge in [0.05, 0.1) is 0 Å². The van der Waals surface area contributed by atoms with Gasteiger partial charge in [0.2, 0.25) is 0 Å². The van der Waals surface area contributed by atoms with Crippen LogP contribution in [0.1, 0.15) is 43.4 Å². The van der Waals surface area contributed by atoms with Crippen LogP contribution in [0.3, 0.4) is 0 Å². The van der Waals surface area contributed by atoms with Gasteiger partial charge in [0.15, 0.2) is 0 Å². The Labute approximate surface area is 185 Å². The molecule has 0 spiro atoms. The van der Waals surface area contributed by atoms with Crippen LogP contribution in [0.25, 0.3) is 11.1 Å². The number of nitrogens with zero attached hydrogens (tertiary/aromatic N) is 1. The van der Waals surface area contributed by atoms with Gasteiger partial charge in [0.25, 0.3) is 0 Å². The van der Waals surface area contributed by atoms with Crippen LogP contribution in [0.5, 0.6) is 11.5 Å². The summed E-state index contributed by atoms with van der Waals surface area (Å²) in [5.74, 6) is 1.19. The number of rotatable bonds is 8. The van der Waals surface area contributed by atoms with Gasteiger partial charge in [-0.3, -0.25) is 4.90 Å². The lowest BCUT2D eigenvalue weighted by Gasteiger charge is -2.38. The second-order valence-corrected chi connectivity index (χ2v) is 8.15. The van der Waals surface area contributed by atoms with Gasteiger partial charge < -0.3 is 9.84 Å². The molecule has 0 atom stereocenters. The first-order valence-corrected chi connectivity index (χ1v) is 11.2. The molecule has 0 saturated carbocycles. The molecule has 0 unspecified atom stereocenters. The fourth-order valence-corrected chi connectivity index (χ4v) is 4.33. The van der Waals surface area contributed by atoms with Crippen molar-refractivity contribution < 1.29 is 9.84 Å². The lowest BCUT2D eigenvalue weighted by molar-refractivity contribution is 0.0202. The molecule has 3 heteroatoms. The van der Waals surface area contributed by atoms with E-state index in [9.17, 15) is 5.11 Å². The Morgan fingerprint density at radius 2 is 1.58 bits per heavy atom. The van der Waals surface area contributed by atoms with Crippen LogP contribution in [-0.4, -0.2) is 35.7 Å². The highest BCUT2D eigenvalue weighted by Crippen LogP contribution is 2.36. The topological polar surface area (TPSA) is 32.7 Å². The van der Waals surface area contributed by atoms with Crippen molar-refractivity contribution in [2.75, 3.05) is 19.6 Å². The van der Waals surface area contributed by atoms with E-state index in [1.807, 2.05) is 18.2 Å². The standard InChI is InChI=1S/C28H31NO2/c1-3-17-29-19-26(20-29)31-25-15-13-22(14-16-25)28(23-11-8-12-24(30)18-23)27(4-2)21-9-6-5-7-10-21/h5-16,18,26,30H,3-4,17,19-20H2,1-2H3/b28-27-. The maximum absolute atomic E-state index is 10.1. The van der Waals surface area contributed by atoms with Crippen molar-refractivity contribution in [3.8, 4) is 11.5 Å². The fourth-order valence-electron chi connectivity index (χ4n) is 4.33. The molecule has 3 aromatic rings. The molecule has 1 heterocycles. The van der Waals surface area contributed by atoms with Crippen LogP contribution in [-0.2, 0) is 0 Å². The second kappa shape index (κ2) is 9.84. The number of benzene rings is 3. The third-order valence-electron chi connectivity index (χ3n) is 5.82. The Morgan fingerprint density at radius 3 is 2.23 bits per heavy atom. The summed E-state index contributed by atoms with van der Waals surface area (Å²) in [5.41, 5.74) is 5.75. The van der Waals surface area contributed by atoms with Crippen LogP contribution < -0.4 is 4.74 Å². The number of ether oxygens (including phenoxy) is 1. The van der Waals surface area contributed by atoms with Gasteiger partial charge in [0.1, 0.15) is 17.6 Å². The number of aromatic hydroxyl groups is 1. The molecular formula is C28H31NO2. The summed E-state index contributed by atoms with van der Waals surface area (Å²) >= 11 is 0. The third kappa shape index (κ3) is 5.00. The van der Waals surface area contributed by atoms with Gasteiger partial charge in [-0.15, -0.1) is 0 Å². The first kappa shape index (κ1) is 21.2. The van der Waals surface area contributed by atoms with E-state index in [0.29, 0.717) is 0 Å². The van der Waals surface area contributed by atoms with E-state index < -0.39 is 0 Å². The lowest BCUT2D eigenvalue weighted by Crippen LogP contribution is -2.53. The molecule has 0 bridgehead atoms. The first-order chi connectivity index (χ1) is 15.2. The number of hydrogen-bond acceptors (Lipinski definition) is 3. The van der Waals surface area contributed by atoms with Gasteiger partial charge in [-0.05, 0) is 71.5 Å². The first-order valence-electron chi connectivity index (χ1n) is 11.2. The summed E-state index contributed by atoms with van der Waals surface area (Å²) in [6.45, 7) is 7.57. The maximum atomic E-state index is 10.1. The predicted molar refractivity (Wildman–Crippen MR) is 128 cm³/mol. The molecule has 1 aliphatic heterocycles. The molecule has 1 N–H and O–H groups in total. The molecule has 1 saturated heterocycles. The number of phenols is 1. The van der Waals surface area contributed by atoms with Crippen LogP contribution in [0.4, 0.5) is 0 Å². The van der Waals surface area contributed by atoms with Gasteiger partial charge in [-0.2, -0.15) is 0 Å². The van der Waals surface area contributed by atoms with Crippen molar-refractivity contribution in [2.24, 2.45) is 0 Å². The van der Waals surface area contributed by atoms with E-state index in [0.717, 1.165) is 48.5 Å². The molecule has 0 aliphatic carbocycles. The minimum atomic E-state index is 0.278. The van der Waals surface area contributed by atoms with Crippen molar-refractivity contribution in [3.63, 3.8) is 0 Å². The van der Waals surface area contributed by atoms with Crippen LogP contribution in [0.15, 0.2) is 78.9 Å². The van der Waals surface area contributed by atoms with Gasteiger partial charge in [-0.25, -0.2) is 0 Å². The molecule has 3 aromatic carbocycles. The average Bonchev–Trinajstić information content (AvgIpc) is 2.77. The third-order valence-corrected chi connectivity index (χ3v) is 5.82. The Morgan fingerprint density at radius 1 is 0.871 bits per heavy atom. The quantitative estimate of drug-likeness (QED) is 0.444. The Kier molecular flexibility index (Phi) is 6.73. The second-order valence-electron chi connectivity index (χ2n) is 8.15. The largest absolute Gasteiger partial charge is 0.508 e. The van der Waals surface area contributed by atoms with Crippen LogP contribution in [0.2, 0.25) is 0 Å². The Balaban J connectivity index is 1.65. The van der Waals surface area contributed by atoms with E-state index in [-0.39, 0.29) is 11.9 Å². The SMILES string of the molecule is CCCN1CC(Oc2ccc(/C(=C(\CC)c3ccccc3)c3cccc(O)c3)cc2)C1. The summed E-state index contributed by atoms with van der Waals surface area (Å²) < 4.78 is 6.16. The van der Waals surface area contributed by atoms with E-state index in [1.54, 1.807) is 6.07 Å². The highest BCUT2D eigenvalue weighted by Gasteiger charge is 2.27. The highest BCUT2D eigenvalue weighted by molar-refractivity contribution is 5.98. The predicted octanol–water partition coefficient (Wildman–Crippen LogP) is 6.23. The van der Waals surface area contributed by atoms with Gasteiger partial charge in [-0.1, -0.05) is 68.4 Å². The molecule has 160 valence electrons. The summed E-state index contributed by atoms with van der Waals surface area (Å²) in [6, 6.07) is 26.4. The van der Waals surface area contributed by atoms with Crippen molar-refractivity contribution in [3.05, 3.63) is 95.6 Å². The summed E-state index contributed by atoms with van der Waals surface area (Å²) in [4.78, 5) is 2.43. The molecular weight excluding hydrogens is 382 g/mol. The summed E-state index contributed by atoms with van der Waals surface area (Å²) in [5, 5.41) is 10.1. The van der Waals surface area contributed by atoms with Crippen LogP contribution in [0, 0.1) is 0 Å². The zero-order chi connectivity index (χ0) is 21.6. The van der Waals surface area contributed by atoms with E-state index >= 15 is 0 Å². The van der Waals surface area contributed by atoms with Gasteiger partial charge in [0, 0.05) is 13.1 Å².